The molecule has 0 bridgehead atoms. The molecule has 1 unspecified atom stereocenters. The molecular weight excluding hydrogens is 337 g/mol. The van der Waals surface area contributed by atoms with Gasteiger partial charge in [-0.1, -0.05) is 46.2 Å². The maximum atomic E-state index is 11.8. The number of hydrogen-bond donors (Lipinski definition) is 1. The van der Waals surface area contributed by atoms with Gasteiger partial charge in [0.1, 0.15) is 11.7 Å². The number of ether oxygens (including phenoxy) is 1. The van der Waals surface area contributed by atoms with Crippen molar-refractivity contribution < 1.29 is 13.5 Å². The molecule has 1 aliphatic heterocycles. The Bertz CT molecular complexity index is 619. The summed E-state index contributed by atoms with van der Waals surface area (Å²) in [7, 11) is 0. The number of halogens is 2. The molecule has 1 aromatic heterocycles. The van der Waals surface area contributed by atoms with E-state index in [9.17, 15) is 4.39 Å². The lowest BCUT2D eigenvalue weighted by atomic mass is 9.97. The highest BCUT2D eigenvalue weighted by Crippen LogP contribution is 2.32. The Morgan fingerprint density at radius 1 is 1.30 bits per heavy atom. The number of alkyl halides is 1. The fourth-order valence-electron chi connectivity index (χ4n) is 1.78. The van der Waals surface area contributed by atoms with Crippen LogP contribution < -0.4 is 0 Å². The summed E-state index contributed by atoms with van der Waals surface area (Å²) < 4.78 is 22.2. The highest BCUT2D eigenvalue weighted by Gasteiger charge is 2.22. The lowest BCUT2D eigenvalue weighted by Crippen LogP contribution is -2.10. The Hall–Kier alpha value is -0.780. The highest BCUT2D eigenvalue weighted by molar-refractivity contribution is 7.80. The van der Waals surface area contributed by atoms with E-state index in [-0.39, 0.29) is 5.41 Å². The van der Waals surface area contributed by atoms with Gasteiger partial charge < -0.3 is 9.15 Å². The summed E-state index contributed by atoms with van der Waals surface area (Å²) in [6.45, 7) is 11.1. The van der Waals surface area contributed by atoms with Crippen molar-refractivity contribution in [2.45, 2.75) is 57.5 Å². The van der Waals surface area contributed by atoms with Crippen LogP contribution in [0.1, 0.15) is 46.9 Å². The van der Waals surface area contributed by atoms with Gasteiger partial charge in [-0.2, -0.15) is 0 Å². The predicted molar refractivity (Wildman–Crippen MR) is 96.7 cm³/mol. The zero-order valence-electron chi connectivity index (χ0n) is 14.3. The first-order valence-electron chi connectivity index (χ1n) is 7.79. The van der Waals surface area contributed by atoms with Crippen LogP contribution in [0.25, 0.3) is 11.1 Å². The van der Waals surface area contributed by atoms with Crippen LogP contribution in [-0.2, 0) is 10.2 Å². The quantitative estimate of drug-likeness (QED) is 0.599. The van der Waals surface area contributed by atoms with Gasteiger partial charge in [0.15, 0.2) is 5.58 Å². The Labute approximate surface area is 148 Å². The lowest BCUT2D eigenvalue weighted by Gasteiger charge is -2.11. The molecule has 2 heterocycles. The molecule has 1 aliphatic rings. The minimum absolute atomic E-state index is 0.105. The van der Waals surface area contributed by atoms with Crippen molar-refractivity contribution in [1.29, 1.82) is 0 Å². The number of aromatic nitrogens is 1. The van der Waals surface area contributed by atoms with E-state index in [1.165, 1.54) is 0 Å². The molecule has 0 N–H and O–H groups in total. The van der Waals surface area contributed by atoms with Crippen LogP contribution in [-0.4, -0.2) is 24.4 Å². The molecule has 0 amide bonds. The average molecular weight is 362 g/mol. The Balaban J connectivity index is 0.000000276. The van der Waals surface area contributed by atoms with E-state index >= 15 is 0 Å². The van der Waals surface area contributed by atoms with Crippen LogP contribution in [0.15, 0.2) is 21.4 Å². The van der Waals surface area contributed by atoms with Gasteiger partial charge in [0, 0.05) is 18.4 Å². The minimum atomic E-state index is -0.676. The van der Waals surface area contributed by atoms with Crippen molar-refractivity contribution in [3.05, 3.63) is 23.0 Å². The van der Waals surface area contributed by atoms with Gasteiger partial charge in [0.25, 0.3) is 0 Å². The Morgan fingerprint density at radius 3 is 2.39 bits per heavy atom. The number of benzene rings is 1. The van der Waals surface area contributed by atoms with E-state index < -0.39 is 6.17 Å². The van der Waals surface area contributed by atoms with Crippen LogP contribution in [0.3, 0.4) is 0 Å². The molecule has 0 aliphatic carbocycles. The van der Waals surface area contributed by atoms with Crippen LogP contribution in [0, 0.1) is 0 Å². The molecule has 1 saturated heterocycles. The van der Waals surface area contributed by atoms with Crippen molar-refractivity contribution in [3.63, 3.8) is 0 Å². The monoisotopic (exact) mass is 361 g/mol. The first-order chi connectivity index (χ1) is 10.8. The maximum absolute atomic E-state index is 11.8. The normalized spacial score (nSPS) is 17.3. The van der Waals surface area contributed by atoms with Gasteiger partial charge in [-0.3, -0.25) is 0 Å². The van der Waals surface area contributed by atoms with E-state index in [0.717, 1.165) is 5.52 Å². The fraction of sp³-hybridized carbons (Fsp3) is 0.588. The summed E-state index contributed by atoms with van der Waals surface area (Å²) in [5.41, 5.74) is 1.36. The largest absolute Gasteiger partial charge is 0.439 e. The topological polar surface area (TPSA) is 35.3 Å². The molecule has 1 atom stereocenters. The molecule has 0 radical (unpaired) electrons. The summed E-state index contributed by atoms with van der Waals surface area (Å²) in [4.78, 5) is 5.06. The molecule has 23 heavy (non-hydrogen) atoms. The van der Waals surface area contributed by atoms with E-state index in [1.54, 1.807) is 6.07 Å². The first-order valence-corrected chi connectivity index (χ1v) is 8.62. The first kappa shape index (κ1) is 20.3. The number of fused-ring (bicyclic) bond motifs is 1. The minimum Gasteiger partial charge on any atom is -0.439 e. The van der Waals surface area contributed by atoms with Gasteiger partial charge in [-0.25, -0.2) is 9.37 Å². The van der Waals surface area contributed by atoms with E-state index in [1.807, 2.05) is 19.9 Å². The molecule has 1 aromatic carbocycles. The van der Waals surface area contributed by atoms with Crippen LogP contribution in [0.5, 0.6) is 0 Å². The standard InChI is InChI=1S/C11H12ClNOS.C4H7FO.C2H6/c1-11(2,3)10-13-7-5-4-6(12)9(15)8(7)14-10;5-4-1-2-6-3-4;1-2/h4-5,15H,1-3H3;4H,1-3H2;1-2H3. The molecule has 1 fully saturated rings. The summed E-state index contributed by atoms with van der Waals surface area (Å²) in [6.07, 6.45) is -0.0787. The summed E-state index contributed by atoms with van der Waals surface area (Å²) in [5, 5.41) is 0.586. The second-order valence-corrected chi connectivity index (χ2v) is 6.83. The van der Waals surface area contributed by atoms with Gasteiger partial charge in [-0.05, 0) is 12.1 Å². The van der Waals surface area contributed by atoms with Crippen LogP contribution in [0.4, 0.5) is 4.39 Å². The van der Waals surface area contributed by atoms with Gasteiger partial charge in [0.2, 0.25) is 5.89 Å². The maximum Gasteiger partial charge on any atom is 0.200 e. The number of nitrogens with zero attached hydrogens (tertiary/aromatic N) is 1. The Morgan fingerprint density at radius 2 is 1.96 bits per heavy atom. The smallest absolute Gasteiger partial charge is 0.200 e. The predicted octanol–water partition coefficient (Wildman–Crippen LogP) is 5.84. The zero-order chi connectivity index (χ0) is 17.6. The van der Waals surface area contributed by atoms with Crippen molar-refractivity contribution >= 4 is 35.3 Å². The molecule has 3 rings (SSSR count). The fourth-order valence-corrected chi connectivity index (χ4v) is 2.16. The molecular formula is C17H25ClFNO2S. The second kappa shape index (κ2) is 8.90. The molecule has 0 saturated carbocycles. The Kier molecular flexibility index (Phi) is 7.84. The molecule has 6 heteroatoms. The van der Waals surface area contributed by atoms with Crippen LogP contribution in [0.2, 0.25) is 5.02 Å². The number of thiol groups is 1. The summed E-state index contributed by atoms with van der Waals surface area (Å²) in [5.74, 6) is 0.704. The summed E-state index contributed by atoms with van der Waals surface area (Å²) in [6, 6.07) is 3.62. The van der Waals surface area contributed by atoms with E-state index in [4.69, 9.17) is 16.0 Å². The second-order valence-electron chi connectivity index (χ2n) is 5.97. The number of oxazole rings is 1. The highest BCUT2D eigenvalue weighted by atomic mass is 35.5. The third-order valence-electron chi connectivity index (χ3n) is 3.00. The third kappa shape index (κ3) is 5.66. The van der Waals surface area contributed by atoms with Crippen molar-refractivity contribution in [1.82, 2.24) is 4.98 Å². The van der Waals surface area contributed by atoms with E-state index in [0.29, 0.717) is 41.0 Å². The van der Waals surface area contributed by atoms with Crippen molar-refractivity contribution in [2.75, 3.05) is 13.2 Å². The SMILES string of the molecule is CC.CC(C)(C)c1nc2ccc(Cl)c(S)c2o1.FC1CCOC1. The van der Waals surface area contributed by atoms with Gasteiger partial charge >= 0.3 is 0 Å². The molecule has 3 nitrogen and oxygen atoms in total. The van der Waals surface area contributed by atoms with Crippen molar-refractivity contribution in [3.8, 4) is 0 Å². The third-order valence-corrected chi connectivity index (χ3v) is 3.89. The van der Waals surface area contributed by atoms with Gasteiger partial charge in [0.05, 0.1) is 16.5 Å². The van der Waals surface area contributed by atoms with Gasteiger partial charge in [-0.15, -0.1) is 12.6 Å². The number of hydrogen-bond acceptors (Lipinski definition) is 4. The van der Waals surface area contributed by atoms with Crippen LogP contribution >= 0.6 is 24.2 Å². The van der Waals surface area contributed by atoms with Crippen molar-refractivity contribution in [2.24, 2.45) is 0 Å². The zero-order valence-corrected chi connectivity index (χ0v) is 16.0. The average Bonchev–Trinajstić information content (AvgIpc) is 3.14. The number of rotatable bonds is 0. The summed E-state index contributed by atoms with van der Waals surface area (Å²) >= 11 is 10.3. The lowest BCUT2D eigenvalue weighted by molar-refractivity contribution is 0.173. The van der Waals surface area contributed by atoms with E-state index in [2.05, 4.69) is 43.1 Å². The molecule has 130 valence electrons. The molecule has 0 spiro atoms. The molecule has 2 aromatic rings.